The predicted molar refractivity (Wildman–Crippen MR) is 53.9 cm³/mol. The third kappa shape index (κ3) is 2.33. The zero-order valence-electron chi connectivity index (χ0n) is 7.53. The van der Waals surface area contributed by atoms with Crippen molar-refractivity contribution in [3.05, 3.63) is 42.8 Å². The van der Waals surface area contributed by atoms with Crippen LogP contribution in [0.1, 0.15) is 12.7 Å². The van der Waals surface area contributed by atoms with E-state index in [2.05, 4.69) is 11.6 Å². The lowest BCUT2D eigenvalue weighted by atomic mass is 10.2. The number of hydrogen-bond acceptors (Lipinski definition) is 3. The Labute approximate surface area is 77.3 Å². The highest BCUT2D eigenvalue weighted by atomic mass is 16.4. The molecule has 68 valence electrons. The molecule has 1 heterocycles. The molecule has 0 aliphatic heterocycles. The highest BCUT2D eigenvalue weighted by Crippen LogP contribution is 2.17. The lowest BCUT2D eigenvalue weighted by Crippen LogP contribution is -1.80. The van der Waals surface area contributed by atoms with Crippen LogP contribution < -0.4 is 5.73 Å². The lowest BCUT2D eigenvalue weighted by Gasteiger charge is -1.93. The third-order valence-electron chi connectivity index (χ3n) is 1.45. The smallest absolute Gasteiger partial charge is 0.292 e. The van der Waals surface area contributed by atoms with Gasteiger partial charge in [0.05, 0.1) is 6.20 Å². The maximum Gasteiger partial charge on any atom is 0.292 e. The van der Waals surface area contributed by atoms with Gasteiger partial charge in [-0.15, -0.1) is 0 Å². The first-order valence-corrected chi connectivity index (χ1v) is 3.95. The molecule has 0 amide bonds. The highest BCUT2D eigenvalue weighted by molar-refractivity contribution is 5.71. The molecule has 1 rings (SSSR count). The Morgan fingerprint density at radius 2 is 2.46 bits per heavy atom. The molecular weight excluding hydrogens is 164 g/mol. The first-order chi connectivity index (χ1) is 6.27. The Hall–Kier alpha value is -1.77. The van der Waals surface area contributed by atoms with E-state index in [1.807, 2.05) is 25.2 Å². The largest absolute Gasteiger partial charge is 0.424 e. The quantitative estimate of drug-likeness (QED) is 0.719. The van der Waals surface area contributed by atoms with Crippen LogP contribution in [0.3, 0.4) is 0 Å². The first kappa shape index (κ1) is 9.32. The van der Waals surface area contributed by atoms with Crippen LogP contribution in [0.15, 0.2) is 41.5 Å². The number of anilines is 1. The second kappa shape index (κ2) is 4.30. The van der Waals surface area contributed by atoms with Crippen LogP contribution >= 0.6 is 0 Å². The van der Waals surface area contributed by atoms with Gasteiger partial charge in [-0.1, -0.05) is 30.9 Å². The van der Waals surface area contributed by atoms with Crippen molar-refractivity contribution in [3.63, 3.8) is 0 Å². The fourth-order valence-corrected chi connectivity index (χ4v) is 0.947. The zero-order valence-corrected chi connectivity index (χ0v) is 7.53. The molecular formula is C10H12N2O. The Morgan fingerprint density at radius 3 is 2.92 bits per heavy atom. The summed E-state index contributed by atoms with van der Waals surface area (Å²) in [4.78, 5) is 3.80. The van der Waals surface area contributed by atoms with Gasteiger partial charge in [0.15, 0.2) is 5.76 Å². The summed E-state index contributed by atoms with van der Waals surface area (Å²) in [6, 6.07) is 0.175. The summed E-state index contributed by atoms with van der Waals surface area (Å²) in [5.74, 6) is 0.649. The van der Waals surface area contributed by atoms with Crippen molar-refractivity contribution in [1.82, 2.24) is 4.98 Å². The van der Waals surface area contributed by atoms with Gasteiger partial charge in [0.25, 0.3) is 6.01 Å². The summed E-state index contributed by atoms with van der Waals surface area (Å²) in [6.45, 7) is 5.54. The van der Waals surface area contributed by atoms with E-state index >= 15 is 0 Å². The van der Waals surface area contributed by atoms with Gasteiger partial charge >= 0.3 is 0 Å². The van der Waals surface area contributed by atoms with Crippen molar-refractivity contribution in [2.75, 3.05) is 5.73 Å². The van der Waals surface area contributed by atoms with Gasteiger partial charge in [0.1, 0.15) is 0 Å². The SMILES string of the molecule is C=C/C=C(\C=C/C)c1cnc(N)o1. The molecule has 0 spiro atoms. The molecule has 0 saturated carbocycles. The minimum atomic E-state index is 0.175. The Morgan fingerprint density at radius 1 is 1.69 bits per heavy atom. The topological polar surface area (TPSA) is 52.0 Å². The summed E-state index contributed by atoms with van der Waals surface area (Å²) < 4.78 is 5.15. The normalized spacial score (nSPS) is 12.2. The number of hydrogen-bond donors (Lipinski definition) is 1. The van der Waals surface area contributed by atoms with E-state index in [9.17, 15) is 0 Å². The number of allylic oxidation sites excluding steroid dienone is 5. The molecule has 0 aliphatic rings. The zero-order chi connectivity index (χ0) is 9.68. The third-order valence-corrected chi connectivity index (χ3v) is 1.45. The van der Waals surface area contributed by atoms with Crippen molar-refractivity contribution in [1.29, 1.82) is 0 Å². The molecule has 0 bridgehead atoms. The van der Waals surface area contributed by atoms with Crippen LogP contribution in [0.4, 0.5) is 6.01 Å². The molecule has 0 fully saturated rings. The van der Waals surface area contributed by atoms with Gasteiger partial charge < -0.3 is 10.2 Å². The molecule has 0 atom stereocenters. The molecule has 13 heavy (non-hydrogen) atoms. The number of nitrogen functional groups attached to an aromatic ring is 1. The van der Waals surface area contributed by atoms with Crippen LogP contribution in [-0.2, 0) is 0 Å². The molecule has 0 saturated heterocycles. The molecule has 0 radical (unpaired) electrons. The molecule has 0 aromatic carbocycles. The van der Waals surface area contributed by atoms with Crippen molar-refractivity contribution < 1.29 is 4.42 Å². The Kier molecular flexibility index (Phi) is 3.09. The summed E-state index contributed by atoms with van der Waals surface area (Å²) >= 11 is 0. The van der Waals surface area contributed by atoms with E-state index in [1.54, 1.807) is 12.3 Å². The maximum atomic E-state index is 5.35. The van der Waals surface area contributed by atoms with E-state index in [-0.39, 0.29) is 6.01 Å². The van der Waals surface area contributed by atoms with Crippen molar-refractivity contribution in [2.24, 2.45) is 0 Å². The molecule has 3 heteroatoms. The van der Waals surface area contributed by atoms with Gasteiger partial charge in [-0.05, 0) is 6.92 Å². The Bertz CT molecular complexity index is 348. The van der Waals surface area contributed by atoms with E-state index in [0.29, 0.717) is 5.76 Å². The molecule has 2 N–H and O–H groups in total. The molecule has 1 aromatic heterocycles. The number of rotatable bonds is 3. The summed E-state index contributed by atoms with van der Waals surface area (Å²) in [5.41, 5.74) is 6.26. The predicted octanol–water partition coefficient (Wildman–Crippen LogP) is 2.40. The minimum Gasteiger partial charge on any atom is -0.424 e. The number of nitrogens with zero attached hydrogens (tertiary/aromatic N) is 1. The van der Waals surface area contributed by atoms with Crippen molar-refractivity contribution >= 4 is 11.6 Å². The van der Waals surface area contributed by atoms with Crippen molar-refractivity contribution in [2.45, 2.75) is 6.92 Å². The molecule has 0 aliphatic carbocycles. The van der Waals surface area contributed by atoms with Crippen LogP contribution in [0, 0.1) is 0 Å². The summed E-state index contributed by atoms with van der Waals surface area (Å²) in [5, 5.41) is 0. The van der Waals surface area contributed by atoms with Gasteiger partial charge in [-0.3, -0.25) is 0 Å². The van der Waals surface area contributed by atoms with Gasteiger partial charge in [0, 0.05) is 5.57 Å². The Balaban J connectivity index is 3.01. The van der Waals surface area contributed by atoms with Gasteiger partial charge in [-0.2, -0.15) is 0 Å². The second-order valence-electron chi connectivity index (χ2n) is 2.42. The monoisotopic (exact) mass is 176 g/mol. The molecule has 3 nitrogen and oxygen atoms in total. The average molecular weight is 176 g/mol. The molecule has 1 aromatic rings. The lowest BCUT2D eigenvalue weighted by molar-refractivity contribution is 0.567. The van der Waals surface area contributed by atoms with Crippen molar-refractivity contribution in [3.8, 4) is 0 Å². The fourth-order valence-electron chi connectivity index (χ4n) is 0.947. The standard InChI is InChI=1S/C10H12N2O/c1-3-5-8(6-4-2)9-7-12-10(11)13-9/h3-7H,1H2,2H3,(H2,11,12)/b6-4-,8-5+. The molecule has 0 unspecified atom stereocenters. The van der Waals surface area contributed by atoms with E-state index in [4.69, 9.17) is 10.2 Å². The number of aromatic nitrogens is 1. The summed E-state index contributed by atoms with van der Waals surface area (Å²) in [7, 11) is 0. The second-order valence-corrected chi connectivity index (χ2v) is 2.42. The number of nitrogens with two attached hydrogens (primary N) is 1. The number of oxazole rings is 1. The average Bonchev–Trinajstić information content (AvgIpc) is 2.51. The fraction of sp³-hybridized carbons (Fsp3) is 0.100. The van der Waals surface area contributed by atoms with Gasteiger partial charge in [0.2, 0.25) is 0 Å². The summed E-state index contributed by atoms with van der Waals surface area (Å²) in [6.07, 6.45) is 8.92. The highest BCUT2D eigenvalue weighted by Gasteiger charge is 2.02. The van der Waals surface area contributed by atoms with E-state index in [0.717, 1.165) is 5.57 Å². The van der Waals surface area contributed by atoms with Gasteiger partial charge in [-0.25, -0.2) is 4.98 Å². The van der Waals surface area contributed by atoms with E-state index in [1.165, 1.54) is 0 Å². The van der Waals surface area contributed by atoms with Crippen LogP contribution in [0.2, 0.25) is 0 Å². The van der Waals surface area contributed by atoms with Crippen LogP contribution in [0.25, 0.3) is 5.57 Å². The minimum absolute atomic E-state index is 0.175. The maximum absolute atomic E-state index is 5.35. The first-order valence-electron chi connectivity index (χ1n) is 3.95. The van der Waals surface area contributed by atoms with Crippen LogP contribution in [-0.4, -0.2) is 4.98 Å². The van der Waals surface area contributed by atoms with Crippen LogP contribution in [0.5, 0.6) is 0 Å². The van der Waals surface area contributed by atoms with E-state index < -0.39 is 0 Å².